The summed E-state index contributed by atoms with van der Waals surface area (Å²) < 4.78 is 5.74. The lowest BCUT2D eigenvalue weighted by molar-refractivity contribution is -0.167. The van der Waals surface area contributed by atoms with Gasteiger partial charge in [0.25, 0.3) is 5.91 Å². The van der Waals surface area contributed by atoms with E-state index in [-0.39, 0.29) is 68.7 Å². The number of hydrogen-bond donors (Lipinski definition) is 4. The fourth-order valence-electron chi connectivity index (χ4n) is 11.6. The van der Waals surface area contributed by atoms with Crippen LogP contribution in [0, 0.1) is 41.4 Å². The van der Waals surface area contributed by atoms with Gasteiger partial charge in [-0.2, -0.15) is 0 Å². The Balaban J connectivity index is 4.54. The average molecular weight is 1270 g/mol. The first kappa shape index (κ1) is 81.6. The Kier molecular flexibility index (Phi) is 33.7. The molecule has 13 atom stereocenters. The molecule has 1 aliphatic heterocycles. The van der Waals surface area contributed by atoms with Gasteiger partial charge in [-0.15, -0.1) is 6.58 Å². The van der Waals surface area contributed by atoms with Gasteiger partial charge < -0.3 is 65.0 Å². The first-order valence-corrected chi connectivity index (χ1v) is 32.2. The topological polar surface area (TPSA) is 279 Å². The number of nitrogens with one attached hydrogen (secondary N) is 3. The molecule has 0 saturated carbocycles. The van der Waals surface area contributed by atoms with E-state index in [1.54, 1.807) is 60.6 Å². The Morgan fingerprint density at radius 1 is 0.478 bits per heavy atom. The minimum atomic E-state index is -1.68. The number of ether oxygens (including phenoxy) is 1. The third-order valence-corrected chi connectivity index (χ3v) is 17.0. The van der Waals surface area contributed by atoms with Crippen LogP contribution < -0.4 is 16.0 Å². The van der Waals surface area contributed by atoms with Gasteiger partial charge >= 0.3 is 0 Å². The summed E-state index contributed by atoms with van der Waals surface area (Å²) in [7, 11) is 11.0. The second kappa shape index (κ2) is 37.2. The van der Waals surface area contributed by atoms with Gasteiger partial charge in [0.1, 0.15) is 60.4 Å². The summed E-state index contributed by atoms with van der Waals surface area (Å²) in [5, 5.41) is 20.4. The highest BCUT2D eigenvalue weighted by Crippen LogP contribution is 2.27. The molecule has 4 N–H and O–H groups in total. The van der Waals surface area contributed by atoms with Crippen LogP contribution in [0.2, 0.25) is 0 Å². The number of aliphatic hydroxyl groups is 1. The van der Waals surface area contributed by atoms with E-state index in [1.807, 2.05) is 55.4 Å². The molecule has 1 aliphatic rings. The first-order chi connectivity index (χ1) is 41.6. The van der Waals surface area contributed by atoms with Gasteiger partial charge in [0.05, 0.1) is 6.10 Å². The van der Waals surface area contributed by atoms with Crippen molar-refractivity contribution >= 4 is 65.0 Å². The van der Waals surface area contributed by atoms with Gasteiger partial charge in [0.15, 0.2) is 0 Å². The summed E-state index contributed by atoms with van der Waals surface area (Å²) in [5.41, 5.74) is 0. The van der Waals surface area contributed by atoms with Crippen LogP contribution >= 0.6 is 0 Å². The number of methoxy groups -OCH3 is 1. The lowest BCUT2D eigenvalue weighted by atomic mass is 9.91. The minimum absolute atomic E-state index is 0.0436. The summed E-state index contributed by atoms with van der Waals surface area (Å²) in [6.07, 6.45) is 2.54. The lowest BCUT2D eigenvalue weighted by Gasteiger charge is -2.42. The maximum atomic E-state index is 15.3. The monoisotopic (exact) mass is 1270 g/mol. The Labute approximate surface area is 538 Å². The summed E-state index contributed by atoms with van der Waals surface area (Å²) in [4.78, 5) is 173. The van der Waals surface area contributed by atoms with Crippen LogP contribution in [0.3, 0.4) is 0 Å². The fraction of sp³-hybridized carbons (Fsp3) is 0.773. The average Bonchev–Trinajstić information content (AvgIpc) is 0.870. The molecule has 1 saturated heterocycles. The quantitative estimate of drug-likeness (QED) is 0.141. The Morgan fingerprint density at radius 2 is 0.878 bits per heavy atom. The third kappa shape index (κ3) is 21.6. The van der Waals surface area contributed by atoms with Gasteiger partial charge in [-0.25, -0.2) is 0 Å². The summed E-state index contributed by atoms with van der Waals surface area (Å²) >= 11 is 0. The van der Waals surface area contributed by atoms with E-state index < -0.39 is 155 Å². The number of allylic oxidation sites excluding steroid dienone is 2. The van der Waals surface area contributed by atoms with Crippen LogP contribution in [0.4, 0.5) is 0 Å². The van der Waals surface area contributed by atoms with Crippen molar-refractivity contribution in [3.05, 3.63) is 24.8 Å². The molecule has 0 aliphatic carbocycles. The number of carbonyl (C=O) groups is 11. The molecule has 1 rings (SSSR count). The van der Waals surface area contributed by atoms with Crippen LogP contribution in [0.25, 0.3) is 0 Å². The molecule has 0 aromatic carbocycles. The molecule has 0 radical (unpaired) electrons. The predicted molar refractivity (Wildman–Crippen MR) is 348 cm³/mol. The first-order valence-electron chi connectivity index (χ1n) is 32.2. The van der Waals surface area contributed by atoms with Crippen molar-refractivity contribution in [1.29, 1.82) is 0 Å². The van der Waals surface area contributed by atoms with Crippen molar-refractivity contribution in [2.45, 2.75) is 229 Å². The second-order valence-corrected chi connectivity index (χ2v) is 27.1. The van der Waals surface area contributed by atoms with Gasteiger partial charge in [0, 0.05) is 63.0 Å². The molecule has 0 bridgehead atoms. The van der Waals surface area contributed by atoms with Crippen molar-refractivity contribution in [2.75, 3.05) is 63.0 Å². The molecule has 24 nitrogen and oxygen atoms in total. The Morgan fingerprint density at radius 3 is 1.31 bits per heavy atom. The molecule has 1 unspecified atom stereocenters. The number of amides is 11. The molecule has 11 amide bonds. The van der Waals surface area contributed by atoms with E-state index in [2.05, 4.69) is 22.5 Å². The van der Waals surface area contributed by atoms with Crippen molar-refractivity contribution < 1.29 is 62.6 Å². The standard InChI is InChI=1S/C66H117N11O13/c1-27-30-31-43(16)54(78)53-57(81)69-46(29-3)59(83)76(25)66(90-26)65(89)73(22)50(36-40(10)11)62(86)77(32-28-2)52(42(14)15)64(88)70(19)47(33-37(4)5)56(80)67-44(17)55(79)68-45(18)58(82)71(20)48(34-38(6)7)60(84)72(21)49(35-39(8)9)61(85)74(23)51(41(12)13)63(87)75(53)24/h27-28,30,37-54,66,78H,2,29,31-36H2,1,3-26H3,(H,67,80)(H,68,79)(H,69,81)/b30-27+/t43-,44+,45-,46+,47+,48+,49+,50+,51+,52+,53+,54-,66?/m1/s1. The van der Waals surface area contributed by atoms with Crippen LogP contribution in [0.1, 0.15) is 156 Å². The highest BCUT2D eigenvalue weighted by molar-refractivity contribution is 6.00. The molecule has 1 fully saturated rings. The van der Waals surface area contributed by atoms with E-state index in [0.717, 1.165) is 14.7 Å². The minimum Gasteiger partial charge on any atom is -0.390 e. The number of aliphatic hydroxyl groups excluding tert-OH is 1. The van der Waals surface area contributed by atoms with Crippen LogP contribution in [-0.2, 0) is 57.5 Å². The van der Waals surface area contributed by atoms with Crippen molar-refractivity contribution in [2.24, 2.45) is 41.4 Å². The number of nitrogens with zero attached hydrogens (tertiary/aromatic N) is 8. The Hall–Kier alpha value is -6.43. The number of carbonyl (C=O) groups excluding carboxylic acids is 11. The summed E-state index contributed by atoms with van der Waals surface area (Å²) in [6, 6.07) is -12.8. The maximum absolute atomic E-state index is 15.3. The smallest absolute Gasteiger partial charge is 0.273 e. The molecule has 90 heavy (non-hydrogen) atoms. The normalized spacial score (nSPS) is 27.0. The molecule has 24 heteroatoms. The second-order valence-electron chi connectivity index (χ2n) is 27.1. The van der Waals surface area contributed by atoms with Gasteiger partial charge in [0.2, 0.25) is 65.3 Å². The van der Waals surface area contributed by atoms with E-state index in [1.165, 1.54) is 101 Å². The number of hydrogen-bond acceptors (Lipinski definition) is 13. The van der Waals surface area contributed by atoms with E-state index in [0.29, 0.717) is 0 Å². The van der Waals surface area contributed by atoms with Crippen LogP contribution in [-0.4, -0.2) is 245 Å². The molecule has 0 spiro atoms. The van der Waals surface area contributed by atoms with E-state index in [9.17, 15) is 33.9 Å². The molecule has 514 valence electrons. The molecule has 0 aromatic rings. The lowest BCUT2D eigenvalue weighted by Crippen LogP contribution is -2.64. The molecular weight excluding hydrogens is 1150 g/mol. The summed E-state index contributed by atoms with van der Waals surface area (Å²) in [5.74, 6) is -10.4. The van der Waals surface area contributed by atoms with Crippen molar-refractivity contribution in [3.63, 3.8) is 0 Å². The number of rotatable bonds is 18. The molecule has 1 heterocycles. The number of likely N-dealkylation sites (N-methyl/N-ethyl adjacent to an activating group) is 7. The Bertz CT molecular complexity index is 2490. The molecular formula is C66H117N11O13. The van der Waals surface area contributed by atoms with Gasteiger partial charge in [-0.3, -0.25) is 52.7 Å². The zero-order valence-corrected chi connectivity index (χ0v) is 59.3. The third-order valence-electron chi connectivity index (χ3n) is 17.0. The van der Waals surface area contributed by atoms with Crippen LogP contribution in [0.5, 0.6) is 0 Å². The zero-order chi connectivity index (χ0) is 69.8. The van der Waals surface area contributed by atoms with Gasteiger partial charge in [-0.1, -0.05) is 115 Å². The fourth-order valence-corrected chi connectivity index (χ4v) is 11.6. The SMILES string of the molecule is C=CCN1C(=O)[C@H](CC(C)C)N(C)C(=O)C(OC)N(C)C(=O)[C@H](CC)NC(=O)[C@H]([C@H](O)[C@H](C)C/C=C/C)N(C)C(=O)[C@H](C(C)C)N(C)C(=O)[C@H](CC(C)C)N(C)C(=O)[C@H](CC(C)C)N(C)C(=O)[C@@H](C)NC(=O)[C@H](C)NC(=O)[C@H](CC(C)C)N(C)C(=O)[C@@H]1C(C)C. The highest BCUT2D eigenvalue weighted by atomic mass is 16.5. The van der Waals surface area contributed by atoms with Crippen LogP contribution in [0.15, 0.2) is 24.8 Å². The maximum Gasteiger partial charge on any atom is 0.273 e. The van der Waals surface area contributed by atoms with Crippen molar-refractivity contribution in [3.8, 4) is 0 Å². The van der Waals surface area contributed by atoms with E-state index >= 15 is 24.0 Å². The largest absolute Gasteiger partial charge is 0.390 e. The van der Waals surface area contributed by atoms with E-state index in [4.69, 9.17) is 4.74 Å². The molecule has 0 aromatic heterocycles. The summed E-state index contributed by atoms with van der Waals surface area (Å²) in [6.45, 7) is 33.5. The highest BCUT2D eigenvalue weighted by Gasteiger charge is 2.47. The predicted octanol–water partition coefficient (Wildman–Crippen LogP) is 4.14. The van der Waals surface area contributed by atoms with Crippen molar-refractivity contribution in [1.82, 2.24) is 55.1 Å². The zero-order valence-electron chi connectivity index (χ0n) is 59.3. The van der Waals surface area contributed by atoms with Gasteiger partial charge in [-0.05, 0) is 101 Å².